The average molecular weight is 306 g/mol. The molecule has 4 nitrogen and oxygen atoms in total. The van der Waals surface area contributed by atoms with Gasteiger partial charge in [0.1, 0.15) is 5.82 Å². The number of pyridine rings is 1. The van der Waals surface area contributed by atoms with Crippen LogP contribution in [0.3, 0.4) is 0 Å². The monoisotopic (exact) mass is 306 g/mol. The number of rotatable bonds is 3. The summed E-state index contributed by atoms with van der Waals surface area (Å²) in [5.41, 5.74) is 1.59. The van der Waals surface area contributed by atoms with Gasteiger partial charge in [-0.1, -0.05) is 30.3 Å². The molecule has 112 valence electrons. The minimum absolute atomic E-state index is 0.0383. The first-order valence-electron chi connectivity index (χ1n) is 6.89. The summed E-state index contributed by atoms with van der Waals surface area (Å²) in [4.78, 5) is 16.2. The lowest BCUT2D eigenvalue weighted by molar-refractivity contribution is 0.0698. The number of hydrogen-bond acceptors (Lipinski definition) is 3. The van der Waals surface area contributed by atoms with Gasteiger partial charge >= 0.3 is 5.97 Å². The maximum atomic E-state index is 13.5. The zero-order chi connectivity index (χ0) is 16.4. The van der Waals surface area contributed by atoms with Gasteiger partial charge in [-0.2, -0.15) is 5.26 Å². The molecule has 3 aromatic rings. The molecule has 0 atom stereocenters. The topological polar surface area (TPSA) is 74.0 Å². The number of nitrogens with zero attached hydrogens (tertiary/aromatic N) is 2. The van der Waals surface area contributed by atoms with E-state index in [1.165, 1.54) is 18.2 Å². The van der Waals surface area contributed by atoms with Crippen LogP contribution in [0.1, 0.15) is 15.9 Å². The third-order valence-electron chi connectivity index (χ3n) is 3.56. The summed E-state index contributed by atoms with van der Waals surface area (Å²) < 4.78 is 13.5. The maximum Gasteiger partial charge on any atom is 0.336 e. The van der Waals surface area contributed by atoms with E-state index in [4.69, 9.17) is 5.26 Å². The molecule has 5 heteroatoms. The molecule has 0 radical (unpaired) electrons. The quantitative estimate of drug-likeness (QED) is 0.798. The SMILES string of the molecule is N#CCc1c(-c2cccc(F)c2)nc2ccccc2c1C(=O)O. The van der Waals surface area contributed by atoms with Crippen molar-refractivity contribution < 1.29 is 14.3 Å². The summed E-state index contributed by atoms with van der Waals surface area (Å²) in [6.07, 6.45) is -0.120. The fourth-order valence-electron chi connectivity index (χ4n) is 2.62. The lowest BCUT2D eigenvalue weighted by Gasteiger charge is -2.13. The highest BCUT2D eigenvalue weighted by molar-refractivity contribution is 6.05. The number of benzene rings is 2. The third-order valence-corrected chi connectivity index (χ3v) is 3.56. The van der Waals surface area contributed by atoms with Crippen LogP contribution in [0.15, 0.2) is 48.5 Å². The summed E-state index contributed by atoms with van der Waals surface area (Å²) in [5.74, 6) is -1.58. The molecule has 0 bridgehead atoms. The molecule has 1 N–H and O–H groups in total. The van der Waals surface area contributed by atoms with Gasteiger partial charge in [0.25, 0.3) is 0 Å². The summed E-state index contributed by atoms with van der Waals surface area (Å²) in [5, 5.41) is 19.1. The Morgan fingerprint density at radius 2 is 2.00 bits per heavy atom. The number of fused-ring (bicyclic) bond motifs is 1. The van der Waals surface area contributed by atoms with E-state index >= 15 is 0 Å². The van der Waals surface area contributed by atoms with Gasteiger partial charge in [0.2, 0.25) is 0 Å². The van der Waals surface area contributed by atoms with E-state index in [9.17, 15) is 14.3 Å². The number of carboxylic acids is 1. The second kappa shape index (κ2) is 5.85. The first kappa shape index (κ1) is 14.7. The van der Waals surface area contributed by atoms with Gasteiger partial charge in [-0.15, -0.1) is 0 Å². The van der Waals surface area contributed by atoms with Crippen molar-refractivity contribution in [3.8, 4) is 17.3 Å². The molecular weight excluding hydrogens is 295 g/mol. The van der Waals surface area contributed by atoms with Crippen LogP contribution in [0.25, 0.3) is 22.2 Å². The molecule has 3 rings (SSSR count). The largest absolute Gasteiger partial charge is 0.478 e. The number of hydrogen-bond donors (Lipinski definition) is 1. The van der Waals surface area contributed by atoms with E-state index in [0.29, 0.717) is 27.7 Å². The van der Waals surface area contributed by atoms with E-state index < -0.39 is 11.8 Å². The molecule has 0 amide bonds. The smallest absolute Gasteiger partial charge is 0.336 e. The Morgan fingerprint density at radius 1 is 1.22 bits per heavy atom. The molecule has 0 saturated heterocycles. The number of halogens is 1. The Hall–Kier alpha value is -3.26. The van der Waals surface area contributed by atoms with Crippen LogP contribution < -0.4 is 0 Å². The Kier molecular flexibility index (Phi) is 3.73. The van der Waals surface area contributed by atoms with Crippen molar-refractivity contribution in [1.29, 1.82) is 5.26 Å². The van der Waals surface area contributed by atoms with Crippen molar-refractivity contribution in [2.45, 2.75) is 6.42 Å². The normalized spacial score (nSPS) is 10.4. The van der Waals surface area contributed by atoms with Crippen molar-refractivity contribution in [1.82, 2.24) is 4.98 Å². The van der Waals surface area contributed by atoms with E-state index in [1.807, 2.05) is 6.07 Å². The van der Waals surface area contributed by atoms with Crippen molar-refractivity contribution >= 4 is 16.9 Å². The van der Waals surface area contributed by atoms with E-state index in [1.54, 1.807) is 30.3 Å². The minimum Gasteiger partial charge on any atom is -0.478 e. The van der Waals surface area contributed by atoms with Gasteiger partial charge in [-0.05, 0) is 18.2 Å². The molecule has 0 aliphatic carbocycles. The van der Waals surface area contributed by atoms with E-state index in [0.717, 1.165) is 0 Å². The number of aromatic nitrogens is 1. The van der Waals surface area contributed by atoms with Crippen LogP contribution in [0, 0.1) is 17.1 Å². The van der Waals surface area contributed by atoms with Gasteiger partial charge in [-0.25, -0.2) is 14.2 Å². The Balaban J connectivity index is 2.43. The standard InChI is InChI=1S/C18H11FN2O2/c19-12-5-3-4-11(10-12)17-14(8-9-20)16(18(22)23)13-6-1-2-7-15(13)21-17/h1-7,10H,8H2,(H,22,23). The second-order valence-corrected chi connectivity index (χ2v) is 4.98. The number of nitriles is 1. The number of carboxylic acid groups (broad SMARTS) is 1. The van der Waals surface area contributed by atoms with Crippen molar-refractivity contribution in [3.63, 3.8) is 0 Å². The first-order valence-corrected chi connectivity index (χ1v) is 6.89. The summed E-state index contributed by atoms with van der Waals surface area (Å²) >= 11 is 0. The first-order chi connectivity index (χ1) is 11.1. The predicted molar refractivity (Wildman–Crippen MR) is 83.4 cm³/mol. The summed E-state index contributed by atoms with van der Waals surface area (Å²) in [7, 11) is 0. The van der Waals surface area contributed by atoms with Gasteiger partial charge in [0.05, 0.1) is 29.3 Å². The van der Waals surface area contributed by atoms with Crippen LogP contribution in [-0.4, -0.2) is 16.1 Å². The van der Waals surface area contributed by atoms with Crippen molar-refractivity contribution in [2.24, 2.45) is 0 Å². The third kappa shape index (κ3) is 2.62. The van der Waals surface area contributed by atoms with Crippen LogP contribution in [-0.2, 0) is 6.42 Å². The highest BCUT2D eigenvalue weighted by Gasteiger charge is 2.20. The molecule has 0 aliphatic heterocycles. The summed E-state index contributed by atoms with van der Waals surface area (Å²) in [6, 6.07) is 14.5. The fraction of sp³-hybridized carbons (Fsp3) is 0.0556. The molecule has 0 spiro atoms. The second-order valence-electron chi connectivity index (χ2n) is 4.98. The lowest BCUT2D eigenvalue weighted by atomic mass is 9.95. The molecule has 23 heavy (non-hydrogen) atoms. The molecule has 1 heterocycles. The summed E-state index contributed by atoms with van der Waals surface area (Å²) in [6.45, 7) is 0. The van der Waals surface area contributed by atoms with Gasteiger partial charge in [-0.3, -0.25) is 0 Å². The van der Waals surface area contributed by atoms with Crippen molar-refractivity contribution in [2.75, 3.05) is 0 Å². The number of para-hydroxylation sites is 1. The van der Waals surface area contributed by atoms with Crippen LogP contribution >= 0.6 is 0 Å². The zero-order valence-corrected chi connectivity index (χ0v) is 12.0. The maximum absolute atomic E-state index is 13.5. The molecule has 0 fully saturated rings. The fourth-order valence-corrected chi connectivity index (χ4v) is 2.62. The molecule has 0 saturated carbocycles. The Labute approximate surface area is 131 Å². The van der Waals surface area contributed by atoms with Gasteiger partial charge in [0, 0.05) is 16.5 Å². The highest BCUT2D eigenvalue weighted by atomic mass is 19.1. The highest BCUT2D eigenvalue weighted by Crippen LogP contribution is 2.31. The van der Waals surface area contributed by atoms with Gasteiger partial charge < -0.3 is 5.11 Å². The Bertz CT molecular complexity index is 961. The van der Waals surface area contributed by atoms with Crippen molar-refractivity contribution in [3.05, 3.63) is 65.5 Å². The molecule has 0 aliphatic rings. The predicted octanol–water partition coefficient (Wildman–Crippen LogP) is 3.81. The van der Waals surface area contributed by atoms with Crippen LogP contribution in [0.4, 0.5) is 4.39 Å². The molecule has 0 unspecified atom stereocenters. The number of carbonyl (C=O) groups is 1. The zero-order valence-electron chi connectivity index (χ0n) is 12.0. The Morgan fingerprint density at radius 3 is 2.70 bits per heavy atom. The molecular formula is C18H11FN2O2. The molecule has 1 aromatic heterocycles. The van der Waals surface area contributed by atoms with Crippen LogP contribution in [0.5, 0.6) is 0 Å². The van der Waals surface area contributed by atoms with Gasteiger partial charge in [0.15, 0.2) is 0 Å². The number of aromatic carboxylic acids is 1. The average Bonchev–Trinajstić information content (AvgIpc) is 2.54. The molecule has 2 aromatic carbocycles. The lowest BCUT2D eigenvalue weighted by Crippen LogP contribution is -2.07. The minimum atomic E-state index is -1.13. The van der Waals surface area contributed by atoms with Crippen LogP contribution in [0.2, 0.25) is 0 Å². The van der Waals surface area contributed by atoms with E-state index in [-0.39, 0.29) is 12.0 Å². The van der Waals surface area contributed by atoms with E-state index in [2.05, 4.69) is 4.98 Å².